The lowest BCUT2D eigenvalue weighted by molar-refractivity contribution is -0.129. The fraction of sp³-hybridized carbons (Fsp3) is 0.278. The number of hydrogen-bond acceptors (Lipinski definition) is 4. The monoisotopic (exact) mass is 446 g/mol. The smallest absolute Gasteiger partial charge is 0.249 e. The Morgan fingerprint density at radius 3 is 2.14 bits per heavy atom. The minimum absolute atomic E-state index is 0.0204. The number of amides is 1. The topological polar surface area (TPSA) is 57.7 Å². The minimum Gasteiger partial charge on any atom is -0.339 e. The second-order valence-electron chi connectivity index (χ2n) is 6.08. The van der Waals surface area contributed by atoms with Crippen LogP contribution in [0.2, 0.25) is 5.02 Å². The largest absolute Gasteiger partial charge is 0.339 e. The van der Waals surface area contributed by atoms with Gasteiger partial charge in [0.2, 0.25) is 15.9 Å². The number of piperazine rings is 1. The minimum atomic E-state index is -4.30. The van der Waals surface area contributed by atoms with Crippen molar-refractivity contribution >= 4 is 39.3 Å². The van der Waals surface area contributed by atoms with E-state index < -0.39 is 26.6 Å². The SMILES string of the molecule is O=C(CSc1ccc(Cl)cc1)N1CCN(S(=O)(=O)c2c(F)cccc2F)CC1. The Hall–Kier alpha value is -1.68. The van der Waals surface area contributed by atoms with Crippen LogP contribution in [-0.4, -0.2) is 55.5 Å². The summed E-state index contributed by atoms with van der Waals surface area (Å²) in [4.78, 5) is 13.9. The van der Waals surface area contributed by atoms with E-state index >= 15 is 0 Å². The van der Waals surface area contributed by atoms with Gasteiger partial charge in [0.25, 0.3) is 0 Å². The molecule has 3 rings (SSSR count). The van der Waals surface area contributed by atoms with Gasteiger partial charge in [-0.2, -0.15) is 4.31 Å². The van der Waals surface area contributed by atoms with E-state index in [9.17, 15) is 22.0 Å². The summed E-state index contributed by atoms with van der Waals surface area (Å²) in [5.41, 5.74) is 0. The molecule has 2 aromatic rings. The molecule has 0 aromatic heterocycles. The average molecular weight is 447 g/mol. The van der Waals surface area contributed by atoms with Crippen LogP contribution in [-0.2, 0) is 14.8 Å². The molecule has 0 atom stereocenters. The zero-order chi connectivity index (χ0) is 20.3. The summed E-state index contributed by atoms with van der Waals surface area (Å²) in [6.45, 7) is 0.283. The van der Waals surface area contributed by atoms with Gasteiger partial charge in [0.15, 0.2) is 4.90 Å². The number of nitrogens with zero attached hydrogens (tertiary/aromatic N) is 2. The third-order valence-electron chi connectivity index (χ3n) is 4.28. The fourth-order valence-electron chi connectivity index (χ4n) is 2.80. The van der Waals surface area contributed by atoms with Crippen molar-refractivity contribution in [1.82, 2.24) is 9.21 Å². The van der Waals surface area contributed by atoms with Gasteiger partial charge in [-0.25, -0.2) is 17.2 Å². The van der Waals surface area contributed by atoms with Crippen molar-refractivity contribution in [3.05, 3.63) is 59.1 Å². The highest BCUT2D eigenvalue weighted by molar-refractivity contribution is 8.00. The number of sulfonamides is 1. The number of carbonyl (C=O) groups is 1. The number of carbonyl (C=O) groups excluding carboxylic acids is 1. The van der Waals surface area contributed by atoms with Gasteiger partial charge in [0.05, 0.1) is 5.75 Å². The van der Waals surface area contributed by atoms with E-state index in [0.29, 0.717) is 5.02 Å². The summed E-state index contributed by atoms with van der Waals surface area (Å²) in [5, 5.41) is 0.610. The molecule has 150 valence electrons. The summed E-state index contributed by atoms with van der Waals surface area (Å²) in [6.07, 6.45) is 0. The molecular weight excluding hydrogens is 430 g/mol. The van der Waals surface area contributed by atoms with Crippen molar-refractivity contribution in [2.75, 3.05) is 31.9 Å². The van der Waals surface area contributed by atoms with Crippen LogP contribution in [0, 0.1) is 11.6 Å². The summed E-state index contributed by atoms with van der Waals surface area (Å²) in [6, 6.07) is 10.0. The van der Waals surface area contributed by atoms with E-state index in [1.54, 1.807) is 17.0 Å². The van der Waals surface area contributed by atoms with Gasteiger partial charge in [0, 0.05) is 36.1 Å². The van der Waals surface area contributed by atoms with Gasteiger partial charge in [-0.3, -0.25) is 4.79 Å². The van der Waals surface area contributed by atoms with Gasteiger partial charge < -0.3 is 4.90 Å². The molecule has 5 nitrogen and oxygen atoms in total. The molecule has 0 bridgehead atoms. The number of halogens is 3. The Bertz CT molecular complexity index is 943. The lowest BCUT2D eigenvalue weighted by Crippen LogP contribution is -2.51. The number of benzene rings is 2. The van der Waals surface area contributed by atoms with Crippen LogP contribution in [0.5, 0.6) is 0 Å². The Kier molecular flexibility index (Phi) is 6.59. The molecular formula is C18H17ClF2N2O3S2. The second-order valence-corrected chi connectivity index (χ2v) is 9.44. The molecule has 2 aromatic carbocycles. The first-order chi connectivity index (χ1) is 13.3. The quantitative estimate of drug-likeness (QED) is 0.661. The van der Waals surface area contributed by atoms with Gasteiger partial charge in [-0.1, -0.05) is 17.7 Å². The first kappa shape index (κ1) is 21.0. The van der Waals surface area contributed by atoms with Crippen molar-refractivity contribution in [3.8, 4) is 0 Å². The lowest BCUT2D eigenvalue weighted by Gasteiger charge is -2.34. The normalized spacial score (nSPS) is 15.6. The Labute approximate surface area is 171 Å². The molecule has 1 aliphatic rings. The van der Waals surface area contributed by atoms with Crippen molar-refractivity contribution in [2.24, 2.45) is 0 Å². The zero-order valence-corrected chi connectivity index (χ0v) is 17.0. The maximum atomic E-state index is 13.9. The summed E-state index contributed by atoms with van der Waals surface area (Å²) >= 11 is 7.18. The maximum absolute atomic E-state index is 13.9. The van der Waals surface area contributed by atoms with E-state index in [4.69, 9.17) is 11.6 Å². The molecule has 0 radical (unpaired) electrons. The molecule has 0 unspecified atom stereocenters. The van der Waals surface area contributed by atoms with E-state index in [0.717, 1.165) is 27.4 Å². The number of rotatable bonds is 5. The Balaban J connectivity index is 1.59. The van der Waals surface area contributed by atoms with Crippen LogP contribution in [0.4, 0.5) is 8.78 Å². The summed E-state index contributed by atoms with van der Waals surface area (Å²) in [5.74, 6) is -2.18. The third kappa shape index (κ3) is 4.65. The van der Waals surface area contributed by atoms with Crippen LogP contribution < -0.4 is 0 Å². The van der Waals surface area contributed by atoms with Crippen LogP contribution in [0.15, 0.2) is 52.3 Å². The standard InChI is InChI=1S/C18H17ClF2N2O3S2/c19-13-4-6-14(7-5-13)27-12-17(24)22-8-10-23(11-9-22)28(25,26)18-15(20)2-1-3-16(18)21/h1-7H,8-12H2. The molecule has 1 heterocycles. The van der Waals surface area contributed by atoms with E-state index in [1.807, 2.05) is 12.1 Å². The molecule has 1 amide bonds. The molecule has 0 N–H and O–H groups in total. The van der Waals surface area contributed by atoms with Gasteiger partial charge in [0.1, 0.15) is 11.6 Å². The van der Waals surface area contributed by atoms with E-state index in [-0.39, 0.29) is 37.8 Å². The van der Waals surface area contributed by atoms with E-state index in [1.165, 1.54) is 11.8 Å². The fourth-order valence-corrected chi connectivity index (χ4v) is 5.26. The highest BCUT2D eigenvalue weighted by atomic mass is 35.5. The molecule has 0 saturated carbocycles. The highest BCUT2D eigenvalue weighted by Crippen LogP contribution is 2.24. The molecule has 1 fully saturated rings. The van der Waals surface area contributed by atoms with Crippen molar-refractivity contribution < 1.29 is 22.0 Å². The lowest BCUT2D eigenvalue weighted by atomic mass is 10.3. The molecule has 28 heavy (non-hydrogen) atoms. The first-order valence-electron chi connectivity index (χ1n) is 8.39. The number of thioether (sulfide) groups is 1. The molecule has 0 aliphatic carbocycles. The van der Waals surface area contributed by atoms with Gasteiger partial charge in [-0.05, 0) is 36.4 Å². The number of hydrogen-bond donors (Lipinski definition) is 0. The molecule has 10 heteroatoms. The first-order valence-corrected chi connectivity index (χ1v) is 11.2. The average Bonchev–Trinajstić information content (AvgIpc) is 2.67. The molecule has 1 aliphatic heterocycles. The Morgan fingerprint density at radius 2 is 1.57 bits per heavy atom. The summed E-state index contributed by atoms with van der Waals surface area (Å²) < 4.78 is 53.9. The predicted molar refractivity (Wildman–Crippen MR) is 104 cm³/mol. The van der Waals surface area contributed by atoms with Gasteiger partial charge in [-0.15, -0.1) is 11.8 Å². The van der Waals surface area contributed by atoms with Gasteiger partial charge >= 0.3 is 0 Å². The maximum Gasteiger partial charge on any atom is 0.249 e. The molecule has 1 saturated heterocycles. The van der Waals surface area contributed by atoms with Crippen LogP contribution >= 0.6 is 23.4 Å². The van der Waals surface area contributed by atoms with Crippen LogP contribution in [0.3, 0.4) is 0 Å². The van der Waals surface area contributed by atoms with E-state index in [2.05, 4.69) is 0 Å². The van der Waals surface area contributed by atoms with Crippen molar-refractivity contribution in [3.63, 3.8) is 0 Å². The van der Waals surface area contributed by atoms with Crippen LogP contribution in [0.25, 0.3) is 0 Å². The third-order valence-corrected chi connectivity index (χ3v) is 7.48. The highest BCUT2D eigenvalue weighted by Gasteiger charge is 2.33. The zero-order valence-electron chi connectivity index (χ0n) is 14.6. The summed E-state index contributed by atoms with van der Waals surface area (Å²) in [7, 11) is -4.30. The van der Waals surface area contributed by atoms with Crippen LogP contribution in [0.1, 0.15) is 0 Å². The van der Waals surface area contributed by atoms with Crippen molar-refractivity contribution in [1.29, 1.82) is 0 Å². The van der Waals surface area contributed by atoms with Crippen molar-refractivity contribution in [2.45, 2.75) is 9.79 Å². The predicted octanol–water partition coefficient (Wildman–Crippen LogP) is 3.24. The Morgan fingerprint density at radius 1 is 1.00 bits per heavy atom. The molecule has 0 spiro atoms. The second kappa shape index (κ2) is 8.77.